The smallest absolute Gasteiger partial charge is 0.261 e. The Kier molecular flexibility index (Phi) is 3.99. The number of carbonyl (C=O) groups is 1. The van der Waals surface area contributed by atoms with Gasteiger partial charge < -0.3 is 0 Å². The van der Waals surface area contributed by atoms with E-state index in [0.29, 0.717) is 0 Å². The topological polar surface area (TPSA) is 63.2 Å². The average molecular weight is 315 g/mol. The molecule has 0 fully saturated rings. The number of hydrogen-bond donors (Lipinski definition) is 1. The van der Waals surface area contributed by atoms with E-state index >= 15 is 0 Å². The van der Waals surface area contributed by atoms with Gasteiger partial charge in [-0.3, -0.25) is 9.52 Å². The second kappa shape index (κ2) is 5.57. The molecule has 2 rings (SSSR count). The van der Waals surface area contributed by atoms with Crippen molar-refractivity contribution in [3.8, 4) is 0 Å². The van der Waals surface area contributed by atoms with Crippen LogP contribution in [0, 0.1) is 17.5 Å². The molecule has 0 aliphatic rings. The lowest BCUT2D eigenvalue weighted by atomic mass is 10.2. The van der Waals surface area contributed by atoms with Crippen molar-refractivity contribution < 1.29 is 26.4 Å². The molecule has 4 nitrogen and oxygen atoms in total. The lowest BCUT2D eigenvalue weighted by Gasteiger charge is -2.10. The van der Waals surface area contributed by atoms with E-state index in [-0.39, 0.29) is 11.2 Å². The standard InChI is InChI=1S/C13H8F3NO3S/c14-8-1-3-9(4-2-8)21(19,20)17-12-6-5-11(15)10(7-18)13(12)16/h1-7,17H. The number of carbonyl (C=O) groups excluding carboxylic acids is 1. The molecule has 0 saturated heterocycles. The zero-order chi connectivity index (χ0) is 15.6. The number of hydrogen-bond acceptors (Lipinski definition) is 3. The van der Waals surface area contributed by atoms with Gasteiger partial charge in [0.1, 0.15) is 11.6 Å². The molecule has 0 heterocycles. The number of rotatable bonds is 4. The molecule has 0 spiro atoms. The molecule has 0 radical (unpaired) electrons. The van der Waals surface area contributed by atoms with Crippen LogP contribution in [0.3, 0.4) is 0 Å². The van der Waals surface area contributed by atoms with Gasteiger partial charge in [0.15, 0.2) is 12.1 Å². The normalized spacial score (nSPS) is 11.2. The third kappa shape index (κ3) is 3.05. The Morgan fingerprint density at radius 1 is 0.952 bits per heavy atom. The molecule has 110 valence electrons. The minimum Gasteiger partial charge on any atom is -0.298 e. The second-order valence-electron chi connectivity index (χ2n) is 4.00. The number of anilines is 1. The fraction of sp³-hybridized carbons (Fsp3) is 0. The molecule has 21 heavy (non-hydrogen) atoms. The zero-order valence-corrected chi connectivity index (χ0v) is 11.1. The van der Waals surface area contributed by atoms with Crippen LogP contribution in [-0.2, 0) is 10.0 Å². The molecule has 0 aliphatic heterocycles. The van der Waals surface area contributed by atoms with E-state index in [1.807, 2.05) is 4.72 Å². The maximum absolute atomic E-state index is 13.8. The highest BCUT2D eigenvalue weighted by molar-refractivity contribution is 7.92. The molecule has 1 N–H and O–H groups in total. The molecule has 2 aromatic rings. The number of sulfonamides is 1. The zero-order valence-electron chi connectivity index (χ0n) is 10.3. The molecule has 0 unspecified atom stereocenters. The van der Waals surface area contributed by atoms with Gasteiger partial charge in [-0.15, -0.1) is 0 Å². The highest BCUT2D eigenvalue weighted by Gasteiger charge is 2.19. The molecular formula is C13H8F3NO3S. The van der Waals surface area contributed by atoms with E-state index in [0.717, 1.165) is 36.4 Å². The van der Waals surface area contributed by atoms with Gasteiger partial charge in [0.2, 0.25) is 0 Å². The Hall–Kier alpha value is -2.35. The van der Waals surface area contributed by atoms with Crippen LogP contribution < -0.4 is 4.72 Å². The van der Waals surface area contributed by atoms with Crippen molar-refractivity contribution >= 4 is 22.0 Å². The van der Waals surface area contributed by atoms with E-state index < -0.39 is 38.7 Å². The van der Waals surface area contributed by atoms with E-state index in [9.17, 15) is 26.4 Å². The van der Waals surface area contributed by atoms with Crippen LogP contribution in [0.15, 0.2) is 41.3 Å². The number of benzene rings is 2. The van der Waals surface area contributed by atoms with E-state index in [1.54, 1.807) is 0 Å². The molecular weight excluding hydrogens is 307 g/mol. The summed E-state index contributed by atoms with van der Waals surface area (Å²) in [6.07, 6.45) is -0.0552. The Bertz CT molecular complexity index is 789. The third-order valence-electron chi connectivity index (χ3n) is 2.61. The first-order valence-electron chi connectivity index (χ1n) is 5.56. The molecule has 0 saturated carbocycles. The summed E-state index contributed by atoms with van der Waals surface area (Å²) >= 11 is 0. The molecule has 0 bridgehead atoms. The number of nitrogens with one attached hydrogen (secondary N) is 1. The molecule has 0 amide bonds. The summed E-state index contributed by atoms with van der Waals surface area (Å²) < 4.78 is 65.5. The van der Waals surface area contributed by atoms with Crippen molar-refractivity contribution in [1.29, 1.82) is 0 Å². The van der Waals surface area contributed by atoms with Crippen LogP contribution >= 0.6 is 0 Å². The molecule has 0 aromatic heterocycles. The summed E-state index contributed by atoms with van der Waals surface area (Å²) in [4.78, 5) is 10.3. The Morgan fingerprint density at radius 3 is 2.14 bits per heavy atom. The van der Waals surface area contributed by atoms with Crippen molar-refractivity contribution in [2.45, 2.75) is 4.90 Å². The summed E-state index contributed by atoms with van der Waals surface area (Å²) in [5, 5.41) is 0. The minimum atomic E-state index is -4.19. The summed E-state index contributed by atoms with van der Waals surface area (Å²) in [5.41, 5.74) is -1.46. The first kappa shape index (κ1) is 15.0. The predicted octanol–water partition coefficient (Wildman–Crippen LogP) is 2.72. The van der Waals surface area contributed by atoms with Gasteiger partial charge in [-0.25, -0.2) is 21.6 Å². The van der Waals surface area contributed by atoms with Crippen LogP contribution in [0.5, 0.6) is 0 Å². The molecule has 2 aromatic carbocycles. The quantitative estimate of drug-likeness (QED) is 0.882. The van der Waals surface area contributed by atoms with Crippen LogP contribution in [-0.4, -0.2) is 14.7 Å². The second-order valence-corrected chi connectivity index (χ2v) is 5.68. The molecule has 0 atom stereocenters. The highest BCUT2D eigenvalue weighted by atomic mass is 32.2. The maximum atomic E-state index is 13.8. The highest BCUT2D eigenvalue weighted by Crippen LogP contribution is 2.23. The molecule has 0 aliphatic carbocycles. The lowest BCUT2D eigenvalue weighted by molar-refractivity contribution is 0.111. The van der Waals surface area contributed by atoms with Gasteiger partial charge in [-0.2, -0.15) is 0 Å². The SMILES string of the molecule is O=Cc1c(F)ccc(NS(=O)(=O)c2ccc(F)cc2)c1F. The monoisotopic (exact) mass is 315 g/mol. The van der Waals surface area contributed by atoms with Crippen molar-refractivity contribution in [1.82, 2.24) is 0 Å². The van der Waals surface area contributed by atoms with Crippen LogP contribution in [0.25, 0.3) is 0 Å². The van der Waals surface area contributed by atoms with Gasteiger partial charge in [0.25, 0.3) is 10.0 Å². The minimum absolute atomic E-state index is 0.0552. The van der Waals surface area contributed by atoms with E-state index in [4.69, 9.17) is 0 Å². The summed E-state index contributed by atoms with van der Waals surface area (Å²) in [6.45, 7) is 0. The Morgan fingerprint density at radius 2 is 1.57 bits per heavy atom. The average Bonchev–Trinajstić information content (AvgIpc) is 2.43. The van der Waals surface area contributed by atoms with Crippen LogP contribution in [0.4, 0.5) is 18.9 Å². The van der Waals surface area contributed by atoms with Crippen molar-refractivity contribution in [3.63, 3.8) is 0 Å². The van der Waals surface area contributed by atoms with Gasteiger partial charge in [0.05, 0.1) is 16.1 Å². The Balaban J connectivity index is 2.42. The fourth-order valence-electron chi connectivity index (χ4n) is 1.57. The van der Waals surface area contributed by atoms with Crippen molar-refractivity contribution in [3.05, 3.63) is 59.4 Å². The van der Waals surface area contributed by atoms with E-state index in [2.05, 4.69) is 0 Å². The third-order valence-corrected chi connectivity index (χ3v) is 3.99. The first-order chi connectivity index (χ1) is 9.85. The van der Waals surface area contributed by atoms with Crippen LogP contribution in [0.1, 0.15) is 10.4 Å². The lowest BCUT2D eigenvalue weighted by Crippen LogP contribution is -2.15. The first-order valence-corrected chi connectivity index (χ1v) is 7.05. The number of halogens is 3. The summed E-state index contributed by atoms with van der Waals surface area (Å²) in [7, 11) is -4.19. The van der Waals surface area contributed by atoms with Crippen LogP contribution in [0.2, 0.25) is 0 Å². The van der Waals surface area contributed by atoms with E-state index in [1.165, 1.54) is 0 Å². The maximum Gasteiger partial charge on any atom is 0.261 e. The van der Waals surface area contributed by atoms with Gasteiger partial charge in [-0.05, 0) is 36.4 Å². The summed E-state index contributed by atoms with van der Waals surface area (Å²) in [6, 6.07) is 5.42. The van der Waals surface area contributed by atoms with Gasteiger partial charge in [-0.1, -0.05) is 0 Å². The number of aldehydes is 1. The predicted molar refractivity (Wildman–Crippen MR) is 69.0 cm³/mol. The summed E-state index contributed by atoms with van der Waals surface area (Å²) in [5.74, 6) is -3.06. The molecule has 8 heteroatoms. The fourth-order valence-corrected chi connectivity index (χ4v) is 2.63. The van der Waals surface area contributed by atoms with Crippen molar-refractivity contribution in [2.24, 2.45) is 0 Å². The Labute approximate surface area is 118 Å². The van der Waals surface area contributed by atoms with Crippen molar-refractivity contribution in [2.75, 3.05) is 4.72 Å². The van der Waals surface area contributed by atoms with Gasteiger partial charge in [0, 0.05) is 0 Å². The largest absolute Gasteiger partial charge is 0.298 e. The van der Waals surface area contributed by atoms with Gasteiger partial charge >= 0.3 is 0 Å².